The third kappa shape index (κ3) is 5.47. The second kappa shape index (κ2) is 8.05. The highest BCUT2D eigenvalue weighted by Crippen LogP contribution is 2.10. The van der Waals surface area contributed by atoms with Gasteiger partial charge >= 0.3 is 0 Å². The van der Waals surface area contributed by atoms with Gasteiger partial charge in [0.25, 0.3) is 0 Å². The van der Waals surface area contributed by atoms with Gasteiger partial charge in [0.15, 0.2) is 6.29 Å². The van der Waals surface area contributed by atoms with Gasteiger partial charge in [0.05, 0.1) is 19.3 Å². The van der Waals surface area contributed by atoms with Crippen LogP contribution < -0.4 is 0 Å². The fourth-order valence-electron chi connectivity index (χ4n) is 1.56. The monoisotopic (exact) mass is 218 g/mol. The zero-order chi connectivity index (χ0) is 10.9. The van der Waals surface area contributed by atoms with Crippen molar-refractivity contribution in [3.63, 3.8) is 0 Å². The van der Waals surface area contributed by atoms with E-state index in [1.165, 1.54) is 0 Å². The largest absolute Gasteiger partial charge is 0.379 e. The Kier molecular flexibility index (Phi) is 6.92. The third-order valence-corrected chi connectivity index (χ3v) is 2.30. The summed E-state index contributed by atoms with van der Waals surface area (Å²) in [6.45, 7) is 7.53. The predicted molar refractivity (Wildman–Crippen MR) is 56.8 cm³/mol. The molecule has 0 aromatic rings. The highest BCUT2D eigenvalue weighted by molar-refractivity contribution is 4.62. The van der Waals surface area contributed by atoms with Gasteiger partial charge in [-0.2, -0.15) is 0 Å². The highest BCUT2D eigenvalue weighted by Gasteiger charge is 2.16. The van der Waals surface area contributed by atoms with Gasteiger partial charge in [0.1, 0.15) is 0 Å². The second-order valence-electron chi connectivity index (χ2n) is 3.49. The van der Waals surface area contributed by atoms with Crippen molar-refractivity contribution in [2.45, 2.75) is 39.1 Å². The normalized spacial score (nSPS) is 21.4. The zero-order valence-electron chi connectivity index (χ0n) is 9.74. The van der Waals surface area contributed by atoms with E-state index in [-0.39, 0.29) is 12.4 Å². The molecule has 15 heavy (non-hydrogen) atoms. The lowest BCUT2D eigenvalue weighted by Gasteiger charge is -2.17. The first-order valence-electron chi connectivity index (χ1n) is 5.79. The van der Waals surface area contributed by atoms with Gasteiger partial charge in [-0.3, -0.25) is 0 Å². The average molecular weight is 218 g/mol. The van der Waals surface area contributed by atoms with Gasteiger partial charge in [-0.15, -0.1) is 0 Å². The van der Waals surface area contributed by atoms with Crippen molar-refractivity contribution in [3.8, 4) is 0 Å². The number of hydrogen-bond donors (Lipinski definition) is 0. The van der Waals surface area contributed by atoms with E-state index in [1.807, 2.05) is 13.8 Å². The van der Waals surface area contributed by atoms with Crippen LogP contribution in [0.3, 0.4) is 0 Å². The van der Waals surface area contributed by atoms with Crippen molar-refractivity contribution in [2.75, 3.05) is 33.0 Å². The standard InChI is InChI=1S/C11H22O4/c1-3-13-11(14-4-2)6-8-15-10-5-7-12-9-10/h10-11H,3-9H2,1-2H3. The van der Waals surface area contributed by atoms with Crippen molar-refractivity contribution < 1.29 is 18.9 Å². The molecule has 0 amide bonds. The SMILES string of the molecule is CCOC(CCOC1CCOC1)OCC. The van der Waals surface area contributed by atoms with Crippen LogP contribution in [0, 0.1) is 0 Å². The van der Waals surface area contributed by atoms with Crippen LogP contribution in [0.15, 0.2) is 0 Å². The lowest BCUT2D eigenvalue weighted by atomic mass is 10.3. The molecule has 0 spiro atoms. The zero-order valence-corrected chi connectivity index (χ0v) is 9.74. The van der Waals surface area contributed by atoms with Crippen molar-refractivity contribution in [1.29, 1.82) is 0 Å². The van der Waals surface area contributed by atoms with Gasteiger partial charge in [-0.05, 0) is 20.3 Å². The molecule has 0 aliphatic carbocycles. The molecule has 4 heteroatoms. The first kappa shape index (κ1) is 12.9. The third-order valence-electron chi connectivity index (χ3n) is 2.30. The Labute approximate surface area is 91.8 Å². The minimum absolute atomic E-state index is 0.123. The molecule has 1 unspecified atom stereocenters. The summed E-state index contributed by atoms with van der Waals surface area (Å²) < 4.78 is 21.7. The maximum atomic E-state index is 5.64. The Morgan fingerprint density at radius 3 is 2.53 bits per heavy atom. The average Bonchev–Trinajstić information content (AvgIpc) is 2.71. The fourth-order valence-corrected chi connectivity index (χ4v) is 1.56. The van der Waals surface area contributed by atoms with E-state index in [1.54, 1.807) is 0 Å². The summed E-state index contributed by atoms with van der Waals surface area (Å²) in [7, 11) is 0. The first-order valence-corrected chi connectivity index (χ1v) is 5.79. The quantitative estimate of drug-likeness (QED) is 0.580. The molecule has 0 bridgehead atoms. The maximum Gasteiger partial charge on any atom is 0.159 e. The summed E-state index contributed by atoms with van der Waals surface area (Å²) in [4.78, 5) is 0. The van der Waals surface area contributed by atoms with Gasteiger partial charge in [0.2, 0.25) is 0 Å². The van der Waals surface area contributed by atoms with Crippen LogP contribution in [-0.2, 0) is 18.9 Å². The Balaban J connectivity index is 2.04. The number of ether oxygens (including phenoxy) is 4. The van der Waals surface area contributed by atoms with Crippen LogP contribution in [0.4, 0.5) is 0 Å². The van der Waals surface area contributed by atoms with Crippen LogP contribution in [-0.4, -0.2) is 45.4 Å². The van der Waals surface area contributed by atoms with Gasteiger partial charge in [-0.1, -0.05) is 0 Å². The van der Waals surface area contributed by atoms with Crippen molar-refractivity contribution in [2.24, 2.45) is 0 Å². The highest BCUT2D eigenvalue weighted by atomic mass is 16.7. The molecule has 1 saturated heterocycles. The molecule has 1 atom stereocenters. The van der Waals surface area contributed by atoms with Crippen molar-refractivity contribution >= 4 is 0 Å². The molecule has 1 rings (SSSR count). The maximum absolute atomic E-state index is 5.64. The summed E-state index contributed by atoms with van der Waals surface area (Å²) in [5.74, 6) is 0. The number of hydrogen-bond acceptors (Lipinski definition) is 4. The van der Waals surface area contributed by atoms with Gasteiger partial charge in [0, 0.05) is 26.2 Å². The van der Waals surface area contributed by atoms with E-state index in [4.69, 9.17) is 18.9 Å². The second-order valence-corrected chi connectivity index (χ2v) is 3.49. The number of rotatable bonds is 8. The molecular weight excluding hydrogens is 196 g/mol. The van der Waals surface area contributed by atoms with Crippen LogP contribution in [0.5, 0.6) is 0 Å². The van der Waals surface area contributed by atoms with E-state index in [0.717, 1.165) is 26.1 Å². The van der Waals surface area contributed by atoms with E-state index >= 15 is 0 Å². The minimum atomic E-state index is -0.123. The van der Waals surface area contributed by atoms with E-state index in [2.05, 4.69) is 0 Å². The molecule has 0 aromatic heterocycles. The molecule has 4 nitrogen and oxygen atoms in total. The summed E-state index contributed by atoms with van der Waals surface area (Å²) >= 11 is 0. The predicted octanol–water partition coefficient (Wildman–Crippen LogP) is 1.58. The lowest BCUT2D eigenvalue weighted by molar-refractivity contribution is -0.149. The summed E-state index contributed by atoms with van der Waals surface area (Å²) in [6.07, 6.45) is 1.95. The van der Waals surface area contributed by atoms with E-state index < -0.39 is 0 Å². The van der Waals surface area contributed by atoms with Gasteiger partial charge in [-0.25, -0.2) is 0 Å². The lowest BCUT2D eigenvalue weighted by Crippen LogP contribution is -2.22. The topological polar surface area (TPSA) is 36.9 Å². The molecule has 0 radical (unpaired) electrons. The van der Waals surface area contributed by atoms with Crippen LogP contribution in [0.1, 0.15) is 26.7 Å². The molecule has 0 saturated carbocycles. The summed E-state index contributed by atoms with van der Waals surface area (Å²) in [5.41, 5.74) is 0. The smallest absolute Gasteiger partial charge is 0.159 e. The Hall–Kier alpha value is -0.160. The van der Waals surface area contributed by atoms with E-state index in [0.29, 0.717) is 19.8 Å². The van der Waals surface area contributed by atoms with Crippen molar-refractivity contribution in [3.05, 3.63) is 0 Å². The molecular formula is C11H22O4. The summed E-state index contributed by atoms with van der Waals surface area (Å²) in [6, 6.07) is 0. The molecule has 1 aliphatic rings. The first-order chi connectivity index (χ1) is 7.36. The molecule has 0 N–H and O–H groups in total. The Morgan fingerprint density at radius 2 is 2.00 bits per heavy atom. The summed E-state index contributed by atoms with van der Waals surface area (Å²) in [5, 5.41) is 0. The van der Waals surface area contributed by atoms with Crippen LogP contribution in [0.2, 0.25) is 0 Å². The van der Waals surface area contributed by atoms with Crippen molar-refractivity contribution in [1.82, 2.24) is 0 Å². The van der Waals surface area contributed by atoms with Crippen LogP contribution >= 0.6 is 0 Å². The fraction of sp³-hybridized carbons (Fsp3) is 1.00. The molecule has 90 valence electrons. The Morgan fingerprint density at radius 1 is 1.27 bits per heavy atom. The van der Waals surface area contributed by atoms with E-state index in [9.17, 15) is 0 Å². The molecule has 1 fully saturated rings. The minimum Gasteiger partial charge on any atom is -0.379 e. The van der Waals surface area contributed by atoms with Crippen LogP contribution in [0.25, 0.3) is 0 Å². The Bertz CT molecular complexity index is 140. The molecule has 0 aromatic carbocycles. The molecule has 1 heterocycles. The van der Waals surface area contributed by atoms with Gasteiger partial charge < -0.3 is 18.9 Å². The molecule has 1 aliphatic heterocycles.